The number of aromatic nitrogens is 3. The molecule has 2 heterocycles. The van der Waals surface area contributed by atoms with Crippen LogP contribution in [-0.4, -0.2) is 27.6 Å². The molecular formula is C26H31N5OS. The number of thiol groups is 1. The number of rotatable bonds is 5. The van der Waals surface area contributed by atoms with Gasteiger partial charge in [-0.25, -0.2) is 4.98 Å². The summed E-state index contributed by atoms with van der Waals surface area (Å²) >= 11 is 4.72. The highest BCUT2D eigenvalue weighted by Crippen LogP contribution is 2.40. The fourth-order valence-electron chi connectivity index (χ4n) is 4.68. The van der Waals surface area contributed by atoms with Crippen LogP contribution in [0.3, 0.4) is 0 Å². The number of benzene rings is 1. The van der Waals surface area contributed by atoms with Gasteiger partial charge < -0.3 is 11.1 Å². The van der Waals surface area contributed by atoms with E-state index in [1.54, 1.807) is 11.6 Å². The van der Waals surface area contributed by atoms with Crippen LogP contribution in [0.15, 0.2) is 41.4 Å². The largest absolute Gasteiger partial charge is 0.383 e. The summed E-state index contributed by atoms with van der Waals surface area (Å²) < 4.78 is 1.67. The van der Waals surface area contributed by atoms with Crippen molar-refractivity contribution >= 4 is 48.2 Å². The maximum Gasteiger partial charge on any atom is 0.220 e. The van der Waals surface area contributed by atoms with Gasteiger partial charge in [-0.3, -0.25) is 4.79 Å². The maximum absolute atomic E-state index is 11.8. The molecule has 1 amide bonds. The van der Waals surface area contributed by atoms with Gasteiger partial charge in [0, 0.05) is 24.9 Å². The minimum atomic E-state index is 0.111. The predicted molar refractivity (Wildman–Crippen MR) is 137 cm³/mol. The third kappa shape index (κ3) is 4.69. The van der Waals surface area contributed by atoms with Crippen molar-refractivity contribution in [3.05, 3.63) is 58.2 Å². The third-order valence-corrected chi connectivity index (χ3v) is 7.12. The Balaban J connectivity index is 1.70. The predicted octanol–water partition coefficient (Wildman–Crippen LogP) is 3.30. The van der Waals surface area contributed by atoms with Crippen molar-refractivity contribution in [3.63, 3.8) is 0 Å². The fourth-order valence-corrected chi connectivity index (χ4v) is 5.00. The van der Waals surface area contributed by atoms with Crippen molar-refractivity contribution in [2.75, 3.05) is 12.8 Å². The van der Waals surface area contributed by atoms with Crippen LogP contribution in [0, 0.1) is 5.92 Å². The number of amides is 1. The number of nitrogens with zero attached hydrogens (tertiary/aromatic N) is 3. The lowest BCUT2D eigenvalue weighted by Gasteiger charge is -2.28. The van der Waals surface area contributed by atoms with Crippen molar-refractivity contribution in [2.24, 2.45) is 5.92 Å². The molecule has 1 aliphatic rings. The van der Waals surface area contributed by atoms with Gasteiger partial charge in [-0.1, -0.05) is 36.9 Å². The number of allylic oxidation sites excluding steroid dienone is 2. The second-order valence-corrected chi connectivity index (χ2v) is 9.15. The van der Waals surface area contributed by atoms with Crippen molar-refractivity contribution in [2.45, 2.75) is 49.8 Å². The van der Waals surface area contributed by atoms with Crippen molar-refractivity contribution < 1.29 is 4.79 Å². The molecule has 7 heteroatoms. The summed E-state index contributed by atoms with van der Waals surface area (Å²) in [5.74, 6) is 1.31. The van der Waals surface area contributed by atoms with Gasteiger partial charge in [0.05, 0.1) is 16.8 Å². The van der Waals surface area contributed by atoms with Crippen LogP contribution in [0.4, 0.5) is 5.82 Å². The molecule has 33 heavy (non-hydrogen) atoms. The van der Waals surface area contributed by atoms with Crippen molar-refractivity contribution in [1.29, 1.82) is 0 Å². The van der Waals surface area contributed by atoms with E-state index in [2.05, 4.69) is 29.1 Å². The molecule has 0 bridgehead atoms. The van der Waals surface area contributed by atoms with Crippen molar-refractivity contribution in [1.82, 2.24) is 19.9 Å². The first-order valence-corrected chi connectivity index (χ1v) is 11.9. The minimum absolute atomic E-state index is 0.111. The monoisotopic (exact) mass is 461 g/mol. The number of hydrogen-bond donors (Lipinski definition) is 3. The maximum atomic E-state index is 11.8. The van der Waals surface area contributed by atoms with Crippen LogP contribution in [0.1, 0.15) is 56.2 Å². The van der Waals surface area contributed by atoms with Crippen LogP contribution < -0.4 is 21.5 Å². The highest BCUT2D eigenvalue weighted by Gasteiger charge is 2.28. The second kappa shape index (κ2) is 9.83. The Morgan fingerprint density at radius 3 is 2.70 bits per heavy atom. The van der Waals surface area contributed by atoms with E-state index in [9.17, 15) is 4.79 Å². The Morgan fingerprint density at radius 2 is 2.03 bits per heavy atom. The Bertz CT molecular complexity index is 1320. The summed E-state index contributed by atoms with van der Waals surface area (Å²) in [5, 5.41) is 9.26. The quantitative estimate of drug-likeness (QED) is 0.509. The van der Waals surface area contributed by atoms with Crippen LogP contribution in [0.2, 0.25) is 0 Å². The highest BCUT2D eigenvalue weighted by atomic mass is 32.1. The Hall–Kier alpha value is -3.06. The molecule has 1 aromatic carbocycles. The normalized spacial score (nSPS) is 19.7. The number of nitrogens with one attached hydrogen (secondary N) is 1. The summed E-state index contributed by atoms with van der Waals surface area (Å²) in [7, 11) is 1.69. The third-order valence-electron chi connectivity index (χ3n) is 6.66. The number of fused-ring (bicyclic) bond motifs is 1. The molecular weight excluding hydrogens is 430 g/mol. The van der Waals surface area contributed by atoms with Gasteiger partial charge in [-0.15, -0.1) is 12.6 Å². The summed E-state index contributed by atoms with van der Waals surface area (Å²) in [6, 6.07) is 8.04. The number of nitrogens with two attached hydrogens (primary N) is 1. The van der Waals surface area contributed by atoms with Gasteiger partial charge in [-0.05, 0) is 60.6 Å². The molecule has 1 saturated carbocycles. The molecule has 0 saturated heterocycles. The Labute approximate surface area is 199 Å². The lowest BCUT2D eigenvalue weighted by Crippen LogP contribution is -2.24. The highest BCUT2D eigenvalue weighted by molar-refractivity contribution is 7.80. The van der Waals surface area contributed by atoms with Gasteiger partial charge in [-0.2, -0.15) is 9.61 Å². The average Bonchev–Trinajstić information content (AvgIpc) is 3.25. The van der Waals surface area contributed by atoms with Crippen LogP contribution in [0.5, 0.6) is 0 Å². The molecule has 0 radical (unpaired) electrons. The smallest absolute Gasteiger partial charge is 0.220 e. The lowest BCUT2D eigenvalue weighted by atomic mass is 9.79. The van der Waals surface area contributed by atoms with Gasteiger partial charge in [0.2, 0.25) is 5.91 Å². The van der Waals surface area contributed by atoms with Gasteiger partial charge in [0.25, 0.3) is 0 Å². The summed E-state index contributed by atoms with van der Waals surface area (Å²) in [4.78, 5) is 17.5. The van der Waals surface area contributed by atoms with Gasteiger partial charge in [0.1, 0.15) is 5.82 Å². The lowest BCUT2D eigenvalue weighted by molar-refractivity contribution is -0.121. The number of carbonyl (C=O) groups is 1. The number of carbonyl (C=O) groups excluding carboxylic acids is 1. The molecule has 4 rings (SSSR count). The van der Waals surface area contributed by atoms with Gasteiger partial charge in [0.15, 0.2) is 5.65 Å². The van der Waals surface area contributed by atoms with E-state index in [-0.39, 0.29) is 11.8 Å². The van der Waals surface area contributed by atoms with E-state index < -0.39 is 0 Å². The first-order valence-electron chi connectivity index (χ1n) is 11.4. The molecule has 0 aliphatic heterocycles. The first kappa shape index (κ1) is 23.1. The van der Waals surface area contributed by atoms with E-state index in [1.165, 1.54) is 0 Å². The molecule has 0 spiro atoms. The van der Waals surface area contributed by atoms with Crippen molar-refractivity contribution in [3.8, 4) is 0 Å². The molecule has 0 unspecified atom stereocenters. The summed E-state index contributed by atoms with van der Waals surface area (Å²) in [5.41, 5.74) is 10.1. The molecule has 1 aliphatic carbocycles. The van der Waals surface area contributed by atoms with Crippen LogP contribution in [0.25, 0.3) is 23.9 Å². The second-order valence-electron chi connectivity index (χ2n) is 8.71. The zero-order valence-corrected chi connectivity index (χ0v) is 20.1. The van der Waals surface area contributed by atoms with E-state index in [0.29, 0.717) is 23.1 Å². The van der Waals surface area contributed by atoms with E-state index in [4.69, 9.17) is 23.3 Å². The minimum Gasteiger partial charge on any atom is -0.383 e. The Morgan fingerprint density at radius 1 is 1.30 bits per heavy atom. The van der Waals surface area contributed by atoms with Crippen LogP contribution in [-0.2, 0) is 4.79 Å². The van der Waals surface area contributed by atoms with E-state index in [1.807, 2.05) is 37.4 Å². The zero-order chi connectivity index (χ0) is 23.5. The first-order chi connectivity index (χ1) is 15.9. The Kier molecular flexibility index (Phi) is 6.88. The number of anilines is 1. The molecule has 172 valence electrons. The van der Waals surface area contributed by atoms with Gasteiger partial charge >= 0.3 is 0 Å². The topological polar surface area (TPSA) is 85.3 Å². The number of hydrogen-bond acceptors (Lipinski definition) is 5. The fraction of sp³-hybridized carbons (Fsp3) is 0.346. The summed E-state index contributed by atoms with van der Waals surface area (Å²) in [6.45, 7) is 6.14. The number of nitrogen functional groups attached to an aromatic ring is 1. The summed E-state index contributed by atoms with van der Waals surface area (Å²) in [6.07, 6.45) is 10.5. The molecule has 6 nitrogen and oxygen atoms in total. The average molecular weight is 462 g/mol. The SMILES string of the molecule is C=c1cccc/c1=C/C(=CC)c1cnn2c(N)c(S)c(C3CCC(CC(=O)NC)CC3)nc12. The molecule has 3 N–H and O–H groups in total. The zero-order valence-electron chi connectivity index (χ0n) is 19.2. The molecule has 0 atom stereocenters. The van der Waals surface area contributed by atoms with E-state index >= 15 is 0 Å². The van der Waals surface area contributed by atoms with E-state index in [0.717, 1.165) is 58.6 Å². The molecule has 1 fully saturated rings. The molecule has 2 aromatic heterocycles. The molecule has 3 aromatic rings. The van der Waals surface area contributed by atoms with Crippen LogP contribution >= 0.6 is 12.6 Å². The standard InChI is InChI=1S/C26H31N5OS/c1-4-18(14-20-8-6-5-7-16(20)2)21-15-29-31-25(27)24(33)23(30-26(21)31)19-11-9-17(10-12-19)13-22(32)28-3/h4-8,14-15,17,19,33H,2,9-13,27H2,1,3H3,(H,28,32)/b18-4?,20-14-.